The zero-order chi connectivity index (χ0) is 34.3. The molecule has 0 bridgehead atoms. The van der Waals surface area contributed by atoms with Gasteiger partial charge in [-0.25, -0.2) is 4.79 Å². The number of alkyl halides is 3. The van der Waals surface area contributed by atoms with Gasteiger partial charge in [0.2, 0.25) is 0 Å². The SMILES string of the molecule is CO[C@](C(=O)O[C@H](C(=O)C=C(C)C)/C(C)=C/CC/C(C)=C/CC[C@]1(C)CCc2cc(O)cc(C)c2O1)(c1ccccc1)C(F)(F)F. The second-order valence-corrected chi connectivity index (χ2v) is 12.5. The summed E-state index contributed by atoms with van der Waals surface area (Å²) >= 11 is 0. The van der Waals surface area contributed by atoms with Gasteiger partial charge in [0.05, 0.1) is 0 Å². The first-order valence-corrected chi connectivity index (χ1v) is 15.4. The summed E-state index contributed by atoms with van der Waals surface area (Å²) in [5.41, 5.74) is -0.216. The lowest BCUT2D eigenvalue weighted by atomic mass is 9.87. The number of hydrogen-bond acceptors (Lipinski definition) is 6. The number of halogens is 3. The number of carbonyl (C=O) groups is 2. The number of benzene rings is 2. The Labute approximate surface area is 269 Å². The number of ether oxygens (including phenoxy) is 3. The fraction of sp³-hybridized carbons (Fsp3) is 0.459. The number of methoxy groups -OCH3 is 1. The minimum Gasteiger partial charge on any atom is -0.508 e. The van der Waals surface area contributed by atoms with Gasteiger partial charge in [0.1, 0.15) is 17.1 Å². The number of rotatable bonds is 13. The topological polar surface area (TPSA) is 82.1 Å². The lowest BCUT2D eigenvalue weighted by Crippen LogP contribution is -2.53. The minimum atomic E-state index is -5.16. The molecule has 250 valence electrons. The standard InChI is InChI=1S/C37H45F3O6/c1-24(2)21-31(42)33(45-34(43)36(44-7,37(38,39)40)29-16-9-8-10-17-29)26(4)15-11-13-25(3)14-12-19-35(6)20-18-28-23-30(41)22-27(5)32(28)46-35/h8-10,14-17,21-23,33,41H,11-13,18-20H2,1-7H3/b25-14+,26-15+/t33-,35+,36-/m0/s1. The second-order valence-electron chi connectivity index (χ2n) is 12.5. The molecule has 0 spiro atoms. The summed E-state index contributed by atoms with van der Waals surface area (Å²) in [5.74, 6) is -1.27. The molecular formula is C37H45F3O6. The van der Waals surface area contributed by atoms with E-state index in [1.54, 1.807) is 39.0 Å². The zero-order valence-electron chi connectivity index (χ0n) is 27.7. The van der Waals surface area contributed by atoms with Crippen molar-refractivity contribution in [1.82, 2.24) is 0 Å². The molecule has 0 radical (unpaired) electrons. The summed E-state index contributed by atoms with van der Waals surface area (Å²) in [4.78, 5) is 26.4. The highest BCUT2D eigenvalue weighted by atomic mass is 19.4. The molecule has 6 nitrogen and oxygen atoms in total. The van der Waals surface area contributed by atoms with Crippen LogP contribution in [-0.4, -0.2) is 41.9 Å². The van der Waals surface area contributed by atoms with Crippen LogP contribution in [0.5, 0.6) is 11.5 Å². The Bertz CT molecular complexity index is 1490. The van der Waals surface area contributed by atoms with Gasteiger partial charge in [0.15, 0.2) is 11.9 Å². The molecule has 0 aliphatic carbocycles. The first-order chi connectivity index (χ1) is 21.5. The number of aromatic hydroxyl groups is 1. The summed E-state index contributed by atoms with van der Waals surface area (Å²) in [5, 5.41) is 9.90. The Morgan fingerprint density at radius 3 is 2.35 bits per heavy atom. The smallest absolute Gasteiger partial charge is 0.432 e. The van der Waals surface area contributed by atoms with Crippen LogP contribution in [0.1, 0.15) is 83.4 Å². The van der Waals surface area contributed by atoms with Crippen LogP contribution in [0.25, 0.3) is 0 Å². The Morgan fingerprint density at radius 1 is 1.07 bits per heavy atom. The number of phenols is 1. The number of fused-ring (bicyclic) bond motifs is 1. The van der Waals surface area contributed by atoms with E-state index in [1.165, 1.54) is 24.3 Å². The number of allylic oxidation sites excluding steroid dienone is 4. The zero-order valence-corrected chi connectivity index (χ0v) is 27.7. The first-order valence-electron chi connectivity index (χ1n) is 15.4. The van der Waals surface area contributed by atoms with Crippen molar-refractivity contribution in [3.63, 3.8) is 0 Å². The van der Waals surface area contributed by atoms with E-state index in [0.29, 0.717) is 24.0 Å². The maximum atomic E-state index is 14.4. The summed E-state index contributed by atoms with van der Waals surface area (Å²) in [6.07, 6.45) is 2.77. The van der Waals surface area contributed by atoms with E-state index >= 15 is 0 Å². The molecule has 46 heavy (non-hydrogen) atoms. The van der Waals surface area contributed by atoms with Crippen LogP contribution in [0.2, 0.25) is 0 Å². The van der Waals surface area contributed by atoms with E-state index in [2.05, 4.69) is 13.0 Å². The fourth-order valence-electron chi connectivity index (χ4n) is 5.70. The highest BCUT2D eigenvalue weighted by Gasteiger charge is 2.64. The number of hydrogen-bond donors (Lipinski definition) is 1. The van der Waals surface area contributed by atoms with Gasteiger partial charge in [-0.2, -0.15) is 13.2 Å². The fourth-order valence-corrected chi connectivity index (χ4v) is 5.70. The van der Waals surface area contributed by atoms with Gasteiger partial charge in [-0.05, 0) is 115 Å². The molecule has 0 saturated carbocycles. The number of carbonyl (C=O) groups excluding carboxylic acids is 2. The molecule has 1 aliphatic heterocycles. The van der Waals surface area contributed by atoms with Crippen molar-refractivity contribution in [2.75, 3.05) is 7.11 Å². The van der Waals surface area contributed by atoms with Gasteiger partial charge >= 0.3 is 12.1 Å². The predicted octanol–water partition coefficient (Wildman–Crippen LogP) is 8.79. The first kappa shape index (κ1) is 36.6. The molecule has 1 heterocycles. The monoisotopic (exact) mass is 642 g/mol. The van der Waals surface area contributed by atoms with Gasteiger partial charge in [0.25, 0.3) is 5.60 Å². The Hall–Kier alpha value is -3.85. The van der Waals surface area contributed by atoms with E-state index in [0.717, 1.165) is 67.4 Å². The number of aryl methyl sites for hydroxylation is 2. The molecule has 0 aromatic heterocycles. The van der Waals surface area contributed by atoms with Crippen LogP contribution in [0.15, 0.2) is 77.4 Å². The van der Waals surface area contributed by atoms with Crippen LogP contribution in [0.3, 0.4) is 0 Å². The van der Waals surface area contributed by atoms with Gasteiger partial charge in [-0.3, -0.25) is 4.79 Å². The van der Waals surface area contributed by atoms with E-state index in [-0.39, 0.29) is 11.4 Å². The predicted molar refractivity (Wildman–Crippen MR) is 172 cm³/mol. The maximum Gasteiger partial charge on any atom is 0.432 e. The molecule has 9 heteroatoms. The molecule has 1 aliphatic rings. The van der Waals surface area contributed by atoms with Crippen LogP contribution in [0, 0.1) is 6.92 Å². The highest BCUT2D eigenvalue weighted by Crippen LogP contribution is 2.44. The summed E-state index contributed by atoms with van der Waals surface area (Å²) in [7, 11) is 0.791. The number of esters is 1. The molecule has 0 unspecified atom stereocenters. The highest BCUT2D eigenvalue weighted by molar-refractivity contribution is 5.98. The second kappa shape index (κ2) is 15.2. The van der Waals surface area contributed by atoms with Crippen LogP contribution in [0.4, 0.5) is 13.2 Å². The summed E-state index contributed by atoms with van der Waals surface area (Å²) in [6.45, 7) is 10.9. The van der Waals surface area contributed by atoms with Crippen molar-refractivity contribution in [3.8, 4) is 11.5 Å². The maximum absolute atomic E-state index is 14.4. The van der Waals surface area contributed by atoms with Crippen molar-refractivity contribution in [2.24, 2.45) is 0 Å². The van der Waals surface area contributed by atoms with Crippen molar-refractivity contribution in [3.05, 3.63) is 94.1 Å². The summed E-state index contributed by atoms with van der Waals surface area (Å²) in [6, 6.07) is 9.98. The Balaban J connectivity index is 1.71. The third kappa shape index (κ3) is 8.69. The lowest BCUT2D eigenvalue weighted by Gasteiger charge is -2.36. The number of ketones is 1. The van der Waals surface area contributed by atoms with E-state index in [4.69, 9.17) is 14.2 Å². The van der Waals surface area contributed by atoms with Crippen LogP contribution in [-0.2, 0) is 31.1 Å². The third-order valence-electron chi connectivity index (χ3n) is 8.28. The molecule has 0 amide bonds. The molecule has 2 aromatic carbocycles. The normalized spacial score (nSPS) is 18.9. The van der Waals surface area contributed by atoms with Gasteiger partial charge < -0.3 is 19.3 Å². The van der Waals surface area contributed by atoms with E-state index in [9.17, 15) is 27.9 Å². The molecular weight excluding hydrogens is 597 g/mol. The van der Waals surface area contributed by atoms with Crippen molar-refractivity contribution in [1.29, 1.82) is 0 Å². The molecule has 3 rings (SSSR count). The average Bonchev–Trinajstić information content (AvgIpc) is 2.96. The van der Waals surface area contributed by atoms with Crippen molar-refractivity contribution >= 4 is 11.8 Å². The minimum absolute atomic E-state index is 0.244. The van der Waals surface area contributed by atoms with Gasteiger partial charge in [-0.15, -0.1) is 0 Å². The van der Waals surface area contributed by atoms with E-state index < -0.39 is 35.2 Å². The largest absolute Gasteiger partial charge is 0.508 e. The average molecular weight is 643 g/mol. The molecule has 3 atom stereocenters. The van der Waals surface area contributed by atoms with Gasteiger partial charge in [-0.1, -0.05) is 53.6 Å². The summed E-state index contributed by atoms with van der Waals surface area (Å²) < 4.78 is 59.9. The Kier molecular flexibility index (Phi) is 12.1. The lowest BCUT2D eigenvalue weighted by molar-refractivity contribution is -0.277. The van der Waals surface area contributed by atoms with Crippen LogP contribution >= 0.6 is 0 Å². The molecule has 2 aromatic rings. The molecule has 1 N–H and O–H groups in total. The van der Waals surface area contributed by atoms with E-state index in [1.807, 2.05) is 13.8 Å². The molecule has 0 saturated heterocycles. The van der Waals surface area contributed by atoms with Crippen LogP contribution < -0.4 is 4.74 Å². The van der Waals surface area contributed by atoms with Gasteiger partial charge in [0, 0.05) is 12.7 Å². The Morgan fingerprint density at radius 2 is 1.74 bits per heavy atom. The third-order valence-corrected chi connectivity index (χ3v) is 8.28. The van der Waals surface area contributed by atoms with Crippen molar-refractivity contribution < 1.29 is 42.1 Å². The number of phenolic OH excluding ortho intramolecular Hbond substituents is 1. The quantitative estimate of drug-likeness (QED) is 0.134. The van der Waals surface area contributed by atoms with Crippen molar-refractivity contribution in [2.45, 2.75) is 104 Å². The molecule has 0 fully saturated rings.